The number of benzene rings is 1. The van der Waals surface area contributed by atoms with Crippen LogP contribution in [0.25, 0.3) is 22.4 Å². The molecule has 2 aromatic heterocycles. The molecule has 5 heteroatoms. The SMILES string of the molecule is Cc1c(F)cncc1-c1nc2ccc(F)cc2n1C1CC1. The zero-order valence-electron chi connectivity index (χ0n) is 11.5. The molecule has 3 nitrogen and oxygen atoms in total. The van der Waals surface area contributed by atoms with Gasteiger partial charge in [-0.2, -0.15) is 0 Å². The molecule has 2 heterocycles. The zero-order valence-corrected chi connectivity index (χ0v) is 11.5. The number of imidazole rings is 1. The van der Waals surface area contributed by atoms with Crippen LogP contribution >= 0.6 is 0 Å². The van der Waals surface area contributed by atoms with E-state index >= 15 is 0 Å². The van der Waals surface area contributed by atoms with Gasteiger partial charge < -0.3 is 4.57 Å². The zero-order chi connectivity index (χ0) is 14.6. The maximum Gasteiger partial charge on any atom is 0.145 e. The van der Waals surface area contributed by atoms with Gasteiger partial charge >= 0.3 is 0 Å². The second-order valence-electron chi connectivity index (χ2n) is 5.46. The van der Waals surface area contributed by atoms with E-state index in [1.165, 1.54) is 18.3 Å². The van der Waals surface area contributed by atoms with Gasteiger partial charge in [0.15, 0.2) is 0 Å². The highest BCUT2D eigenvalue weighted by atomic mass is 19.1. The highest BCUT2D eigenvalue weighted by molar-refractivity contribution is 5.81. The van der Waals surface area contributed by atoms with Crippen molar-refractivity contribution in [2.45, 2.75) is 25.8 Å². The van der Waals surface area contributed by atoms with E-state index in [2.05, 4.69) is 9.97 Å². The Balaban J connectivity index is 2.04. The van der Waals surface area contributed by atoms with Crippen molar-refractivity contribution in [3.05, 3.63) is 47.8 Å². The van der Waals surface area contributed by atoms with Gasteiger partial charge in [-0.05, 0) is 43.5 Å². The number of hydrogen-bond acceptors (Lipinski definition) is 2. The van der Waals surface area contributed by atoms with E-state index in [0.29, 0.717) is 23.0 Å². The summed E-state index contributed by atoms with van der Waals surface area (Å²) in [6.07, 6.45) is 4.89. The molecule has 0 radical (unpaired) electrons. The van der Waals surface area contributed by atoms with E-state index < -0.39 is 0 Å². The largest absolute Gasteiger partial charge is 0.321 e. The van der Waals surface area contributed by atoms with Crippen LogP contribution in [0.15, 0.2) is 30.6 Å². The Hall–Kier alpha value is -2.30. The molecule has 1 saturated carbocycles. The maximum atomic E-state index is 13.8. The molecule has 21 heavy (non-hydrogen) atoms. The molecule has 0 unspecified atom stereocenters. The van der Waals surface area contributed by atoms with Crippen LogP contribution in [0.5, 0.6) is 0 Å². The van der Waals surface area contributed by atoms with Crippen molar-refractivity contribution in [1.29, 1.82) is 0 Å². The van der Waals surface area contributed by atoms with E-state index in [-0.39, 0.29) is 11.6 Å². The highest BCUT2D eigenvalue weighted by Crippen LogP contribution is 2.41. The Labute approximate surface area is 120 Å². The van der Waals surface area contributed by atoms with Crippen LogP contribution in [-0.2, 0) is 0 Å². The summed E-state index contributed by atoms with van der Waals surface area (Å²) >= 11 is 0. The molecule has 3 aromatic rings. The lowest BCUT2D eigenvalue weighted by Gasteiger charge is -2.09. The molecule has 0 saturated heterocycles. The van der Waals surface area contributed by atoms with Crippen molar-refractivity contribution in [2.24, 2.45) is 0 Å². The Kier molecular flexibility index (Phi) is 2.58. The summed E-state index contributed by atoms with van der Waals surface area (Å²) in [5.74, 6) is 0.0284. The number of rotatable bonds is 2. The van der Waals surface area contributed by atoms with Crippen molar-refractivity contribution >= 4 is 11.0 Å². The molecule has 0 amide bonds. The van der Waals surface area contributed by atoms with Gasteiger partial charge in [0.2, 0.25) is 0 Å². The Bertz CT molecular complexity index is 850. The minimum atomic E-state index is -0.354. The van der Waals surface area contributed by atoms with Crippen LogP contribution in [0.4, 0.5) is 8.78 Å². The molecular formula is C16H13F2N3. The molecule has 106 valence electrons. The van der Waals surface area contributed by atoms with E-state index in [1.807, 2.05) is 4.57 Å². The molecule has 0 N–H and O–H groups in total. The quantitative estimate of drug-likeness (QED) is 0.712. The Morgan fingerprint density at radius 1 is 1.19 bits per heavy atom. The Morgan fingerprint density at radius 2 is 2.00 bits per heavy atom. The number of halogens is 2. The lowest BCUT2D eigenvalue weighted by Crippen LogP contribution is -2.00. The molecule has 1 aromatic carbocycles. The third-order valence-corrected chi connectivity index (χ3v) is 3.96. The van der Waals surface area contributed by atoms with Gasteiger partial charge in [-0.25, -0.2) is 13.8 Å². The lowest BCUT2D eigenvalue weighted by atomic mass is 10.1. The summed E-state index contributed by atoms with van der Waals surface area (Å²) < 4.78 is 29.3. The molecule has 4 rings (SSSR count). The van der Waals surface area contributed by atoms with Crippen molar-refractivity contribution < 1.29 is 8.78 Å². The summed E-state index contributed by atoms with van der Waals surface area (Å²) in [4.78, 5) is 8.50. The number of pyridine rings is 1. The fourth-order valence-electron chi connectivity index (χ4n) is 2.68. The van der Waals surface area contributed by atoms with Crippen LogP contribution in [0.3, 0.4) is 0 Å². The van der Waals surface area contributed by atoms with Crippen molar-refractivity contribution in [1.82, 2.24) is 14.5 Å². The first-order chi connectivity index (χ1) is 10.1. The standard InChI is InChI=1S/C16H13F2N3/c1-9-12(7-19-8-13(9)18)16-20-14-5-2-10(17)6-15(14)21(16)11-3-4-11/h2,5-8,11H,3-4H2,1H3. The van der Waals surface area contributed by atoms with Gasteiger partial charge in [0, 0.05) is 17.8 Å². The van der Waals surface area contributed by atoms with E-state index in [0.717, 1.165) is 23.9 Å². The van der Waals surface area contributed by atoms with E-state index in [9.17, 15) is 8.78 Å². The molecule has 1 aliphatic carbocycles. The summed E-state index contributed by atoms with van der Waals surface area (Å²) in [6.45, 7) is 1.71. The minimum Gasteiger partial charge on any atom is -0.321 e. The van der Waals surface area contributed by atoms with Crippen LogP contribution in [0, 0.1) is 18.6 Å². The summed E-state index contributed by atoms with van der Waals surface area (Å²) in [5.41, 5.74) is 2.67. The van der Waals surface area contributed by atoms with E-state index in [1.54, 1.807) is 19.2 Å². The van der Waals surface area contributed by atoms with Crippen LogP contribution in [-0.4, -0.2) is 14.5 Å². The van der Waals surface area contributed by atoms with Gasteiger partial charge in [-0.1, -0.05) is 0 Å². The smallest absolute Gasteiger partial charge is 0.145 e. The lowest BCUT2D eigenvalue weighted by molar-refractivity contribution is 0.612. The summed E-state index contributed by atoms with van der Waals surface area (Å²) in [6, 6.07) is 4.86. The predicted octanol–water partition coefficient (Wildman–Crippen LogP) is 4.02. The first-order valence-corrected chi connectivity index (χ1v) is 6.93. The van der Waals surface area contributed by atoms with E-state index in [4.69, 9.17) is 0 Å². The third kappa shape index (κ3) is 1.92. The van der Waals surface area contributed by atoms with Crippen molar-refractivity contribution in [3.63, 3.8) is 0 Å². The molecule has 0 aliphatic heterocycles. The molecular weight excluding hydrogens is 272 g/mol. The van der Waals surface area contributed by atoms with Crippen molar-refractivity contribution in [3.8, 4) is 11.4 Å². The molecule has 0 atom stereocenters. The fourth-order valence-corrected chi connectivity index (χ4v) is 2.68. The molecule has 1 fully saturated rings. The van der Waals surface area contributed by atoms with Gasteiger partial charge in [-0.15, -0.1) is 0 Å². The Morgan fingerprint density at radius 3 is 2.76 bits per heavy atom. The fraction of sp³-hybridized carbons (Fsp3) is 0.250. The monoisotopic (exact) mass is 285 g/mol. The number of hydrogen-bond donors (Lipinski definition) is 0. The minimum absolute atomic E-state index is 0.287. The average Bonchev–Trinajstić information content (AvgIpc) is 3.23. The highest BCUT2D eigenvalue weighted by Gasteiger charge is 2.29. The van der Waals surface area contributed by atoms with Gasteiger partial charge in [0.25, 0.3) is 0 Å². The van der Waals surface area contributed by atoms with Crippen molar-refractivity contribution in [2.75, 3.05) is 0 Å². The van der Waals surface area contributed by atoms with Crippen LogP contribution in [0.2, 0.25) is 0 Å². The number of fused-ring (bicyclic) bond motifs is 1. The predicted molar refractivity (Wildman–Crippen MR) is 75.9 cm³/mol. The summed E-state index contributed by atoms with van der Waals surface area (Å²) in [5, 5.41) is 0. The van der Waals surface area contributed by atoms with Gasteiger partial charge in [0.05, 0.1) is 17.2 Å². The first kappa shape index (κ1) is 12.4. The number of aromatic nitrogens is 3. The average molecular weight is 285 g/mol. The molecule has 0 spiro atoms. The van der Waals surface area contributed by atoms with Crippen LogP contribution in [0.1, 0.15) is 24.4 Å². The second-order valence-corrected chi connectivity index (χ2v) is 5.46. The van der Waals surface area contributed by atoms with Gasteiger partial charge in [-0.3, -0.25) is 4.98 Å². The van der Waals surface area contributed by atoms with Crippen LogP contribution < -0.4 is 0 Å². The molecule has 1 aliphatic rings. The molecule has 0 bridgehead atoms. The maximum absolute atomic E-state index is 13.8. The summed E-state index contributed by atoms with van der Waals surface area (Å²) in [7, 11) is 0. The topological polar surface area (TPSA) is 30.7 Å². The first-order valence-electron chi connectivity index (χ1n) is 6.93. The number of nitrogens with zero attached hydrogens (tertiary/aromatic N) is 3. The third-order valence-electron chi connectivity index (χ3n) is 3.96. The second kappa shape index (κ2) is 4.35. The van der Waals surface area contributed by atoms with Gasteiger partial charge in [0.1, 0.15) is 17.5 Å². The normalized spacial score (nSPS) is 14.8.